The van der Waals surface area contributed by atoms with E-state index in [1.165, 1.54) is 5.56 Å². The second-order valence-corrected chi connectivity index (χ2v) is 3.28. The molecule has 0 unspecified atom stereocenters. The average molecular weight is 202 g/mol. The highest BCUT2D eigenvalue weighted by Crippen LogP contribution is 2.15. The van der Waals surface area contributed by atoms with Gasteiger partial charge in [0.2, 0.25) is 0 Å². The van der Waals surface area contributed by atoms with Crippen LogP contribution in [0.2, 0.25) is 0 Å². The van der Waals surface area contributed by atoms with Crippen molar-refractivity contribution in [3.63, 3.8) is 0 Å². The molecule has 0 saturated heterocycles. The zero-order chi connectivity index (χ0) is 11.1. The Bertz CT molecular complexity index is 403. The third kappa shape index (κ3) is 3.75. The van der Waals surface area contributed by atoms with Crippen molar-refractivity contribution in [1.29, 1.82) is 0 Å². The van der Waals surface area contributed by atoms with Gasteiger partial charge in [-0.05, 0) is 36.6 Å². The summed E-state index contributed by atoms with van der Waals surface area (Å²) in [6.45, 7) is 2.51. The number of rotatable bonds is 4. The predicted molar refractivity (Wildman–Crippen MR) is 63.3 cm³/mol. The molecule has 0 spiro atoms. The van der Waals surface area contributed by atoms with Gasteiger partial charge in [-0.1, -0.05) is 28.9 Å². The van der Waals surface area contributed by atoms with Crippen LogP contribution in [-0.2, 0) is 0 Å². The Balaban J connectivity index is 2.63. The second-order valence-electron chi connectivity index (χ2n) is 3.28. The summed E-state index contributed by atoms with van der Waals surface area (Å²) < 4.78 is 0. The lowest BCUT2D eigenvalue weighted by molar-refractivity contribution is 0.996. The van der Waals surface area contributed by atoms with Crippen LogP contribution >= 0.6 is 0 Å². The molecule has 2 N–H and O–H groups in total. The Hall–Kier alpha value is -1.93. The SMILES string of the molecule is Cc1ccc(N)c(C=CCCN=[N+]=[N-])c1. The van der Waals surface area contributed by atoms with Crippen LogP contribution in [-0.4, -0.2) is 6.54 Å². The number of hydrogen-bond acceptors (Lipinski definition) is 2. The molecular formula is C11H14N4. The van der Waals surface area contributed by atoms with Crippen LogP contribution in [0.25, 0.3) is 16.5 Å². The lowest BCUT2D eigenvalue weighted by Gasteiger charge is -2.01. The Morgan fingerprint density at radius 1 is 1.53 bits per heavy atom. The summed E-state index contributed by atoms with van der Waals surface area (Å²) in [5.74, 6) is 0. The van der Waals surface area contributed by atoms with E-state index in [1.807, 2.05) is 37.3 Å². The van der Waals surface area contributed by atoms with E-state index >= 15 is 0 Å². The first-order valence-electron chi connectivity index (χ1n) is 4.77. The predicted octanol–water partition coefficient (Wildman–Crippen LogP) is 3.29. The number of nitrogens with two attached hydrogens (primary N) is 1. The fourth-order valence-corrected chi connectivity index (χ4v) is 1.23. The van der Waals surface area contributed by atoms with E-state index in [9.17, 15) is 0 Å². The molecule has 1 aromatic carbocycles. The molecular weight excluding hydrogens is 188 g/mol. The summed E-state index contributed by atoms with van der Waals surface area (Å²) in [5.41, 5.74) is 16.8. The largest absolute Gasteiger partial charge is 0.398 e. The Morgan fingerprint density at radius 3 is 3.07 bits per heavy atom. The number of nitrogen functional groups attached to an aromatic ring is 1. The molecule has 4 heteroatoms. The van der Waals surface area contributed by atoms with Crippen LogP contribution in [0.5, 0.6) is 0 Å². The van der Waals surface area contributed by atoms with Gasteiger partial charge in [-0.2, -0.15) is 0 Å². The Morgan fingerprint density at radius 2 is 2.33 bits per heavy atom. The zero-order valence-electron chi connectivity index (χ0n) is 8.72. The van der Waals surface area contributed by atoms with Gasteiger partial charge in [0, 0.05) is 17.1 Å². The molecule has 15 heavy (non-hydrogen) atoms. The summed E-state index contributed by atoms with van der Waals surface area (Å²) in [6, 6.07) is 5.90. The Labute approximate surface area is 89.0 Å². The number of aryl methyl sites for hydroxylation is 1. The van der Waals surface area contributed by atoms with Gasteiger partial charge in [-0.25, -0.2) is 0 Å². The van der Waals surface area contributed by atoms with Gasteiger partial charge in [0.15, 0.2) is 0 Å². The smallest absolute Gasteiger partial charge is 0.0387 e. The highest BCUT2D eigenvalue weighted by atomic mass is 15.1. The molecule has 0 radical (unpaired) electrons. The van der Waals surface area contributed by atoms with Crippen LogP contribution in [0.3, 0.4) is 0 Å². The molecule has 0 amide bonds. The third-order valence-electron chi connectivity index (χ3n) is 2.00. The number of benzene rings is 1. The number of anilines is 1. The van der Waals surface area contributed by atoms with Crippen molar-refractivity contribution in [2.75, 3.05) is 12.3 Å². The quantitative estimate of drug-likeness (QED) is 0.263. The monoisotopic (exact) mass is 202 g/mol. The van der Waals surface area contributed by atoms with Crippen molar-refractivity contribution < 1.29 is 0 Å². The first kappa shape index (κ1) is 11.1. The van der Waals surface area contributed by atoms with Crippen molar-refractivity contribution in [3.05, 3.63) is 45.8 Å². The number of azide groups is 1. The van der Waals surface area contributed by atoms with Gasteiger partial charge < -0.3 is 5.73 Å². The van der Waals surface area contributed by atoms with Gasteiger partial charge in [-0.15, -0.1) is 0 Å². The van der Waals surface area contributed by atoms with Crippen LogP contribution in [0.1, 0.15) is 17.5 Å². The molecule has 0 aromatic heterocycles. The Kier molecular flexibility index (Phi) is 4.26. The topological polar surface area (TPSA) is 74.8 Å². The van der Waals surface area contributed by atoms with Crippen LogP contribution in [0.15, 0.2) is 29.4 Å². The van der Waals surface area contributed by atoms with Gasteiger partial charge >= 0.3 is 0 Å². The fourth-order valence-electron chi connectivity index (χ4n) is 1.23. The number of nitrogens with zero attached hydrogens (tertiary/aromatic N) is 3. The molecule has 0 saturated carbocycles. The molecule has 0 aliphatic carbocycles. The zero-order valence-corrected chi connectivity index (χ0v) is 8.72. The minimum absolute atomic E-state index is 0.485. The van der Waals surface area contributed by atoms with E-state index in [4.69, 9.17) is 11.3 Å². The van der Waals surface area contributed by atoms with E-state index in [1.54, 1.807) is 0 Å². The van der Waals surface area contributed by atoms with E-state index in [0.29, 0.717) is 6.54 Å². The maximum absolute atomic E-state index is 8.08. The summed E-state index contributed by atoms with van der Waals surface area (Å²) in [4.78, 5) is 2.68. The van der Waals surface area contributed by atoms with Crippen molar-refractivity contribution in [2.45, 2.75) is 13.3 Å². The maximum Gasteiger partial charge on any atom is 0.0387 e. The lowest BCUT2D eigenvalue weighted by Crippen LogP contribution is -1.89. The number of hydrogen-bond donors (Lipinski definition) is 1. The molecule has 1 rings (SSSR count). The van der Waals surface area contributed by atoms with Crippen molar-refractivity contribution in [1.82, 2.24) is 0 Å². The highest BCUT2D eigenvalue weighted by molar-refractivity contribution is 5.65. The van der Waals surface area contributed by atoms with Gasteiger partial charge in [0.25, 0.3) is 0 Å². The molecule has 0 atom stereocenters. The molecule has 1 aromatic rings. The van der Waals surface area contributed by atoms with E-state index in [0.717, 1.165) is 17.7 Å². The summed E-state index contributed by atoms with van der Waals surface area (Å²) in [5, 5.41) is 3.44. The van der Waals surface area contributed by atoms with Gasteiger partial charge in [0.05, 0.1) is 0 Å². The first-order valence-corrected chi connectivity index (χ1v) is 4.77. The maximum atomic E-state index is 8.08. The molecule has 0 aliphatic heterocycles. The molecule has 78 valence electrons. The molecule has 4 nitrogen and oxygen atoms in total. The molecule has 0 bridgehead atoms. The normalized spacial score (nSPS) is 10.2. The van der Waals surface area contributed by atoms with Gasteiger partial charge in [0.1, 0.15) is 0 Å². The van der Waals surface area contributed by atoms with Crippen LogP contribution in [0.4, 0.5) is 5.69 Å². The average Bonchev–Trinajstić information content (AvgIpc) is 2.23. The van der Waals surface area contributed by atoms with Crippen molar-refractivity contribution in [2.24, 2.45) is 5.11 Å². The summed E-state index contributed by atoms with van der Waals surface area (Å²) in [7, 11) is 0. The second kappa shape index (κ2) is 5.73. The minimum atomic E-state index is 0.485. The van der Waals surface area contributed by atoms with Crippen LogP contribution in [0, 0.1) is 6.92 Å². The fraction of sp³-hybridized carbons (Fsp3) is 0.273. The van der Waals surface area contributed by atoms with E-state index in [2.05, 4.69) is 10.0 Å². The highest BCUT2D eigenvalue weighted by Gasteiger charge is 1.93. The summed E-state index contributed by atoms with van der Waals surface area (Å²) >= 11 is 0. The minimum Gasteiger partial charge on any atom is -0.398 e. The first-order chi connectivity index (χ1) is 7.24. The summed E-state index contributed by atoms with van der Waals surface area (Å²) in [6.07, 6.45) is 4.65. The van der Waals surface area contributed by atoms with Crippen molar-refractivity contribution in [3.8, 4) is 0 Å². The van der Waals surface area contributed by atoms with E-state index < -0.39 is 0 Å². The van der Waals surface area contributed by atoms with E-state index in [-0.39, 0.29) is 0 Å². The standard InChI is InChI=1S/C11H14N4/c1-9-5-6-11(12)10(8-9)4-2-3-7-14-15-13/h2,4-6,8H,3,7,12H2,1H3. The third-order valence-corrected chi connectivity index (χ3v) is 2.00. The lowest BCUT2D eigenvalue weighted by atomic mass is 10.1. The molecule has 0 aliphatic rings. The molecule has 0 heterocycles. The van der Waals surface area contributed by atoms with Gasteiger partial charge in [-0.3, -0.25) is 0 Å². The van der Waals surface area contributed by atoms with Crippen LogP contribution < -0.4 is 5.73 Å². The van der Waals surface area contributed by atoms with Crippen molar-refractivity contribution >= 4 is 11.8 Å². The molecule has 0 fully saturated rings.